The molecule has 1 aliphatic carbocycles. The molecular formula is C17H25NOS. The van der Waals surface area contributed by atoms with Crippen LogP contribution in [0.3, 0.4) is 0 Å². The maximum absolute atomic E-state index is 11.8. The summed E-state index contributed by atoms with van der Waals surface area (Å²) in [7, 11) is 0. The Bertz CT molecular complexity index is 410. The van der Waals surface area contributed by atoms with Crippen LogP contribution in [0.15, 0.2) is 24.3 Å². The van der Waals surface area contributed by atoms with Crippen LogP contribution in [0.1, 0.15) is 43.2 Å². The van der Waals surface area contributed by atoms with Gasteiger partial charge in [0.2, 0.25) is 5.91 Å². The van der Waals surface area contributed by atoms with Gasteiger partial charge in [0.25, 0.3) is 0 Å². The van der Waals surface area contributed by atoms with Crippen LogP contribution in [0.5, 0.6) is 0 Å². The fraction of sp³-hybridized carbons (Fsp3) is 0.588. The zero-order valence-electron chi connectivity index (χ0n) is 12.4. The Balaban J connectivity index is 1.54. The molecule has 0 radical (unpaired) electrons. The summed E-state index contributed by atoms with van der Waals surface area (Å²) in [5.41, 5.74) is 2.51. The minimum absolute atomic E-state index is 0.178. The third-order valence-corrected chi connectivity index (χ3v) is 5.22. The molecule has 1 N–H and O–H groups in total. The van der Waals surface area contributed by atoms with E-state index in [1.165, 1.54) is 36.8 Å². The number of aryl methyl sites for hydroxylation is 2. The molecule has 3 heteroatoms. The first-order valence-corrected chi connectivity index (χ1v) is 8.73. The highest BCUT2D eigenvalue weighted by Gasteiger charge is 2.14. The Labute approximate surface area is 126 Å². The highest BCUT2D eigenvalue weighted by atomic mass is 32.2. The summed E-state index contributed by atoms with van der Waals surface area (Å²) in [5, 5.41) is 3.88. The molecule has 1 aliphatic rings. The Kier molecular flexibility index (Phi) is 6.44. The van der Waals surface area contributed by atoms with Gasteiger partial charge >= 0.3 is 0 Å². The van der Waals surface area contributed by atoms with Gasteiger partial charge in [0.05, 0.1) is 0 Å². The lowest BCUT2D eigenvalue weighted by Gasteiger charge is -2.09. The second kappa shape index (κ2) is 8.35. The van der Waals surface area contributed by atoms with Crippen LogP contribution >= 0.6 is 11.8 Å². The normalized spacial score (nSPS) is 15.4. The van der Waals surface area contributed by atoms with Crippen LogP contribution in [-0.4, -0.2) is 23.5 Å². The van der Waals surface area contributed by atoms with E-state index in [2.05, 4.69) is 36.5 Å². The van der Waals surface area contributed by atoms with Crippen LogP contribution in [0.2, 0.25) is 0 Å². The fourth-order valence-electron chi connectivity index (χ4n) is 2.57. The third-order valence-electron chi connectivity index (χ3n) is 3.84. The van der Waals surface area contributed by atoms with E-state index in [1.807, 2.05) is 11.8 Å². The number of hydrogen-bond donors (Lipinski definition) is 1. The topological polar surface area (TPSA) is 29.1 Å². The average Bonchev–Trinajstić information content (AvgIpc) is 2.96. The summed E-state index contributed by atoms with van der Waals surface area (Å²) in [5.74, 6) is 1.23. The summed E-state index contributed by atoms with van der Waals surface area (Å²) in [6.45, 7) is 2.90. The van der Waals surface area contributed by atoms with E-state index < -0.39 is 0 Å². The van der Waals surface area contributed by atoms with E-state index in [1.54, 1.807) is 0 Å². The second-order valence-electron chi connectivity index (χ2n) is 5.61. The highest BCUT2D eigenvalue weighted by molar-refractivity contribution is 7.99. The SMILES string of the molecule is Cc1ccc(CCC(=O)NCCSC2CCCC2)cc1. The number of thioether (sulfide) groups is 1. The van der Waals surface area contributed by atoms with Crippen molar-refractivity contribution in [2.75, 3.05) is 12.3 Å². The molecule has 1 saturated carbocycles. The lowest BCUT2D eigenvalue weighted by atomic mass is 10.1. The summed E-state index contributed by atoms with van der Waals surface area (Å²) < 4.78 is 0. The van der Waals surface area contributed by atoms with Crippen molar-refractivity contribution in [2.45, 2.75) is 50.7 Å². The van der Waals surface area contributed by atoms with Gasteiger partial charge in [-0.05, 0) is 31.7 Å². The minimum Gasteiger partial charge on any atom is -0.355 e. The van der Waals surface area contributed by atoms with E-state index in [0.29, 0.717) is 6.42 Å². The van der Waals surface area contributed by atoms with Crippen molar-refractivity contribution in [3.05, 3.63) is 35.4 Å². The summed E-state index contributed by atoms with van der Waals surface area (Å²) in [6.07, 6.45) is 6.94. The molecule has 110 valence electrons. The first kappa shape index (κ1) is 15.4. The van der Waals surface area contributed by atoms with E-state index in [9.17, 15) is 4.79 Å². The quantitative estimate of drug-likeness (QED) is 0.776. The number of hydrogen-bond acceptors (Lipinski definition) is 2. The number of rotatable bonds is 7. The van der Waals surface area contributed by atoms with Gasteiger partial charge in [-0.25, -0.2) is 0 Å². The molecule has 2 nitrogen and oxygen atoms in total. The van der Waals surface area contributed by atoms with E-state index >= 15 is 0 Å². The zero-order chi connectivity index (χ0) is 14.2. The van der Waals surface area contributed by atoms with Gasteiger partial charge in [0, 0.05) is 24.0 Å². The molecule has 0 saturated heterocycles. The Hall–Kier alpha value is -0.960. The second-order valence-corrected chi connectivity index (χ2v) is 7.02. The largest absolute Gasteiger partial charge is 0.355 e. The fourth-order valence-corrected chi connectivity index (χ4v) is 3.79. The van der Waals surface area contributed by atoms with E-state index in [4.69, 9.17) is 0 Å². The van der Waals surface area contributed by atoms with Gasteiger partial charge in [-0.15, -0.1) is 0 Å². The molecule has 0 atom stereocenters. The predicted molar refractivity (Wildman–Crippen MR) is 87.2 cm³/mol. The van der Waals surface area contributed by atoms with Gasteiger partial charge in [-0.3, -0.25) is 4.79 Å². The van der Waals surface area contributed by atoms with Crippen molar-refractivity contribution < 1.29 is 4.79 Å². The number of benzene rings is 1. The number of nitrogens with one attached hydrogen (secondary N) is 1. The van der Waals surface area contributed by atoms with Crippen molar-refractivity contribution in [1.82, 2.24) is 5.32 Å². The summed E-state index contributed by atoms with van der Waals surface area (Å²) >= 11 is 2.03. The maximum Gasteiger partial charge on any atom is 0.220 e. The molecule has 20 heavy (non-hydrogen) atoms. The maximum atomic E-state index is 11.8. The molecule has 1 amide bonds. The average molecular weight is 291 g/mol. The van der Waals surface area contributed by atoms with Crippen LogP contribution < -0.4 is 5.32 Å². The van der Waals surface area contributed by atoms with Crippen LogP contribution in [0.4, 0.5) is 0 Å². The molecular weight excluding hydrogens is 266 g/mol. The van der Waals surface area contributed by atoms with Gasteiger partial charge < -0.3 is 5.32 Å². The van der Waals surface area contributed by atoms with Crippen LogP contribution in [-0.2, 0) is 11.2 Å². The van der Waals surface area contributed by atoms with Gasteiger partial charge in [-0.1, -0.05) is 42.7 Å². The van der Waals surface area contributed by atoms with Crippen molar-refractivity contribution in [1.29, 1.82) is 0 Å². The molecule has 0 unspecified atom stereocenters. The summed E-state index contributed by atoms with van der Waals surface area (Å²) in [4.78, 5) is 11.8. The van der Waals surface area contributed by atoms with Crippen LogP contribution in [0, 0.1) is 6.92 Å². The Morgan fingerprint density at radius 2 is 1.95 bits per heavy atom. The zero-order valence-corrected chi connectivity index (χ0v) is 13.2. The monoisotopic (exact) mass is 291 g/mol. The first-order valence-electron chi connectivity index (χ1n) is 7.68. The molecule has 0 spiro atoms. The standard InChI is InChI=1S/C17H25NOS/c1-14-6-8-15(9-7-14)10-11-17(19)18-12-13-20-16-4-2-3-5-16/h6-9,16H,2-5,10-13H2,1H3,(H,18,19). The number of carbonyl (C=O) groups excluding carboxylic acids is 1. The van der Waals surface area contributed by atoms with E-state index in [-0.39, 0.29) is 5.91 Å². The molecule has 2 rings (SSSR count). The molecule has 1 aromatic rings. The minimum atomic E-state index is 0.178. The van der Waals surface area contributed by atoms with Crippen molar-refractivity contribution in [3.63, 3.8) is 0 Å². The van der Waals surface area contributed by atoms with Crippen molar-refractivity contribution >= 4 is 17.7 Å². The van der Waals surface area contributed by atoms with E-state index in [0.717, 1.165) is 24.0 Å². The lowest BCUT2D eigenvalue weighted by molar-refractivity contribution is -0.120. The Morgan fingerprint density at radius 1 is 1.25 bits per heavy atom. The number of amides is 1. The predicted octanol–water partition coefficient (Wildman–Crippen LogP) is 3.72. The first-order chi connectivity index (χ1) is 9.74. The van der Waals surface area contributed by atoms with Crippen LogP contribution in [0.25, 0.3) is 0 Å². The number of carbonyl (C=O) groups is 1. The van der Waals surface area contributed by atoms with Gasteiger partial charge in [-0.2, -0.15) is 11.8 Å². The smallest absolute Gasteiger partial charge is 0.220 e. The lowest BCUT2D eigenvalue weighted by Crippen LogP contribution is -2.26. The van der Waals surface area contributed by atoms with Crippen molar-refractivity contribution in [2.24, 2.45) is 0 Å². The summed E-state index contributed by atoms with van der Waals surface area (Å²) in [6, 6.07) is 8.42. The molecule has 0 bridgehead atoms. The van der Waals surface area contributed by atoms with Crippen molar-refractivity contribution in [3.8, 4) is 0 Å². The molecule has 0 heterocycles. The molecule has 1 aromatic carbocycles. The Morgan fingerprint density at radius 3 is 2.65 bits per heavy atom. The van der Waals surface area contributed by atoms with Gasteiger partial charge in [0.1, 0.15) is 0 Å². The molecule has 0 aliphatic heterocycles. The van der Waals surface area contributed by atoms with Gasteiger partial charge in [0.15, 0.2) is 0 Å². The molecule has 0 aromatic heterocycles. The third kappa shape index (κ3) is 5.58. The molecule has 1 fully saturated rings. The highest BCUT2D eigenvalue weighted by Crippen LogP contribution is 2.28.